The Morgan fingerprint density at radius 3 is 2.50 bits per heavy atom. The molecule has 2 nitrogen and oxygen atoms in total. The van der Waals surface area contributed by atoms with Gasteiger partial charge < -0.3 is 4.74 Å². The third-order valence-corrected chi connectivity index (χ3v) is 2.79. The number of hydrogen-bond acceptors (Lipinski definition) is 2. The Morgan fingerprint density at radius 2 is 2.00 bits per heavy atom. The van der Waals surface area contributed by atoms with Crippen molar-refractivity contribution in [2.45, 2.75) is 26.7 Å². The van der Waals surface area contributed by atoms with E-state index in [1.54, 1.807) is 0 Å². The molecule has 0 aromatic heterocycles. The minimum atomic E-state index is -0.391. The van der Waals surface area contributed by atoms with E-state index in [-0.39, 0.29) is 11.7 Å². The first-order valence-corrected chi connectivity index (χ1v) is 5.51. The fraction of sp³-hybridized carbons (Fsp3) is 0.462. The highest BCUT2D eigenvalue weighted by Crippen LogP contribution is 2.24. The number of Topliss-reactive ketones (excluding diaryl/α,β-unsaturated/α-hetero) is 1. The number of carbonyl (C=O) groups is 1. The van der Waals surface area contributed by atoms with Crippen molar-refractivity contribution in [3.63, 3.8) is 0 Å². The summed E-state index contributed by atoms with van der Waals surface area (Å²) < 4.78 is 18.0. The van der Waals surface area contributed by atoms with Crippen molar-refractivity contribution in [2.75, 3.05) is 7.11 Å². The highest BCUT2D eigenvalue weighted by Gasteiger charge is 2.20. The summed E-state index contributed by atoms with van der Waals surface area (Å²) in [4.78, 5) is 12.1. The molecule has 0 aliphatic heterocycles. The molecule has 3 heteroatoms. The Labute approximate surface area is 95.4 Å². The average Bonchev–Trinajstić information content (AvgIpc) is 2.30. The van der Waals surface area contributed by atoms with Gasteiger partial charge in [0.05, 0.1) is 12.7 Å². The normalized spacial score (nSPS) is 10.6. The molecule has 0 radical (unpaired) electrons. The van der Waals surface area contributed by atoms with Crippen LogP contribution in [-0.2, 0) is 0 Å². The quantitative estimate of drug-likeness (QED) is 0.716. The van der Waals surface area contributed by atoms with Crippen molar-refractivity contribution in [3.05, 3.63) is 29.6 Å². The summed E-state index contributed by atoms with van der Waals surface area (Å²) in [6.45, 7) is 3.95. The summed E-state index contributed by atoms with van der Waals surface area (Å²) in [5, 5.41) is 0. The van der Waals surface area contributed by atoms with E-state index in [0.29, 0.717) is 11.3 Å². The van der Waals surface area contributed by atoms with E-state index >= 15 is 0 Å². The Hall–Kier alpha value is -1.38. The van der Waals surface area contributed by atoms with Crippen LogP contribution in [0.25, 0.3) is 0 Å². The molecule has 1 rings (SSSR count). The van der Waals surface area contributed by atoms with E-state index in [2.05, 4.69) is 0 Å². The molecule has 0 bridgehead atoms. The molecule has 0 amide bonds. The Kier molecular flexibility index (Phi) is 4.47. The fourth-order valence-corrected chi connectivity index (χ4v) is 1.75. The van der Waals surface area contributed by atoms with Gasteiger partial charge in [0.1, 0.15) is 11.6 Å². The zero-order valence-corrected chi connectivity index (χ0v) is 9.92. The number of hydrogen-bond donors (Lipinski definition) is 0. The standard InChI is InChI=1S/C13H17FO2/c1-4-9(5-2)13(15)11-7-6-10(14)8-12(11)16-3/h6-9H,4-5H2,1-3H3. The fourth-order valence-electron chi connectivity index (χ4n) is 1.75. The van der Waals surface area contributed by atoms with E-state index in [4.69, 9.17) is 4.74 Å². The molecule has 0 unspecified atom stereocenters. The Morgan fingerprint density at radius 1 is 1.38 bits per heavy atom. The van der Waals surface area contributed by atoms with Gasteiger partial charge in [0.15, 0.2) is 5.78 Å². The average molecular weight is 224 g/mol. The van der Waals surface area contributed by atoms with E-state index in [1.165, 1.54) is 25.3 Å². The van der Waals surface area contributed by atoms with Crippen LogP contribution in [0.1, 0.15) is 37.0 Å². The van der Waals surface area contributed by atoms with Crippen molar-refractivity contribution < 1.29 is 13.9 Å². The summed E-state index contributed by atoms with van der Waals surface area (Å²) in [6.07, 6.45) is 1.58. The van der Waals surface area contributed by atoms with Crippen LogP contribution < -0.4 is 4.74 Å². The molecule has 0 aliphatic carbocycles. The maximum Gasteiger partial charge on any atom is 0.169 e. The van der Waals surface area contributed by atoms with E-state index in [0.717, 1.165) is 12.8 Å². The van der Waals surface area contributed by atoms with Crippen LogP contribution in [0.15, 0.2) is 18.2 Å². The number of halogens is 1. The lowest BCUT2D eigenvalue weighted by Crippen LogP contribution is -2.14. The molecule has 88 valence electrons. The lowest BCUT2D eigenvalue weighted by atomic mass is 9.92. The molecule has 16 heavy (non-hydrogen) atoms. The maximum absolute atomic E-state index is 13.0. The lowest BCUT2D eigenvalue weighted by Gasteiger charge is -2.13. The molecule has 0 atom stereocenters. The van der Waals surface area contributed by atoms with Crippen LogP contribution in [0, 0.1) is 11.7 Å². The molecule has 1 aromatic carbocycles. The molecular formula is C13H17FO2. The van der Waals surface area contributed by atoms with Gasteiger partial charge >= 0.3 is 0 Å². The predicted molar refractivity (Wildman–Crippen MR) is 61.4 cm³/mol. The van der Waals surface area contributed by atoms with E-state index in [1.807, 2.05) is 13.8 Å². The van der Waals surface area contributed by atoms with E-state index in [9.17, 15) is 9.18 Å². The largest absolute Gasteiger partial charge is 0.496 e. The lowest BCUT2D eigenvalue weighted by molar-refractivity contribution is 0.0910. The molecule has 1 aromatic rings. The molecular weight excluding hydrogens is 207 g/mol. The minimum absolute atomic E-state index is 0.0145. The summed E-state index contributed by atoms with van der Waals surface area (Å²) in [7, 11) is 1.44. The third-order valence-electron chi connectivity index (χ3n) is 2.79. The van der Waals surface area contributed by atoms with Crippen LogP contribution in [0.4, 0.5) is 4.39 Å². The van der Waals surface area contributed by atoms with Gasteiger partial charge in [-0.05, 0) is 25.0 Å². The number of methoxy groups -OCH3 is 1. The zero-order valence-electron chi connectivity index (χ0n) is 9.92. The number of carbonyl (C=O) groups excluding carboxylic acids is 1. The van der Waals surface area contributed by atoms with Crippen molar-refractivity contribution in [3.8, 4) is 5.75 Å². The van der Waals surface area contributed by atoms with E-state index < -0.39 is 5.82 Å². The highest BCUT2D eigenvalue weighted by molar-refractivity contribution is 6.00. The summed E-state index contributed by atoms with van der Waals surface area (Å²) >= 11 is 0. The second-order valence-corrected chi connectivity index (χ2v) is 3.72. The molecule has 0 spiro atoms. The van der Waals surface area contributed by atoms with Crippen LogP contribution in [0.5, 0.6) is 5.75 Å². The zero-order chi connectivity index (χ0) is 12.1. The number of ether oxygens (including phenoxy) is 1. The van der Waals surface area contributed by atoms with Gasteiger partial charge in [-0.2, -0.15) is 0 Å². The second kappa shape index (κ2) is 5.64. The molecule has 0 fully saturated rings. The predicted octanol–water partition coefficient (Wildman–Crippen LogP) is 3.45. The summed E-state index contributed by atoms with van der Waals surface area (Å²) in [5.74, 6) is -0.0592. The Balaban J connectivity index is 3.07. The molecule has 0 saturated heterocycles. The van der Waals surface area contributed by atoms with Crippen LogP contribution in [-0.4, -0.2) is 12.9 Å². The molecule has 0 saturated carbocycles. The first kappa shape index (κ1) is 12.7. The summed E-state index contributed by atoms with van der Waals surface area (Å²) in [5.41, 5.74) is 0.470. The molecule has 0 N–H and O–H groups in total. The topological polar surface area (TPSA) is 26.3 Å². The van der Waals surface area contributed by atoms with Crippen molar-refractivity contribution in [1.82, 2.24) is 0 Å². The van der Waals surface area contributed by atoms with Crippen molar-refractivity contribution >= 4 is 5.78 Å². The monoisotopic (exact) mass is 224 g/mol. The maximum atomic E-state index is 13.0. The SMILES string of the molecule is CCC(CC)C(=O)c1ccc(F)cc1OC. The van der Waals surface area contributed by atoms with Crippen molar-refractivity contribution in [2.24, 2.45) is 5.92 Å². The van der Waals surface area contributed by atoms with Gasteiger partial charge in [-0.25, -0.2) is 4.39 Å². The first-order chi connectivity index (χ1) is 7.63. The number of ketones is 1. The van der Waals surface area contributed by atoms with Crippen LogP contribution >= 0.6 is 0 Å². The molecule has 0 aliphatic rings. The summed E-state index contributed by atoms with van der Waals surface area (Å²) in [6, 6.07) is 4.03. The van der Waals surface area contributed by atoms with Gasteiger partial charge in [0.2, 0.25) is 0 Å². The highest BCUT2D eigenvalue weighted by atomic mass is 19.1. The number of rotatable bonds is 5. The smallest absolute Gasteiger partial charge is 0.169 e. The minimum Gasteiger partial charge on any atom is -0.496 e. The van der Waals surface area contributed by atoms with Gasteiger partial charge in [0, 0.05) is 12.0 Å². The van der Waals surface area contributed by atoms with Gasteiger partial charge in [0.25, 0.3) is 0 Å². The molecule has 0 heterocycles. The number of benzene rings is 1. The van der Waals surface area contributed by atoms with Gasteiger partial charge in [-0.3, -0.25) is 4.79 Å². The van der Waals surface area contributed by atoms with Crippen LogP contribution in [0.2, 0.25) is 0 Å². The first-order valence-electron chi connectivity index (χ1n) is 5.51. The second-order valence-electron chi connectivity index (χ2n) is 3.72. The Bertz CT molecular complexity index is 370. The van der Waals surface area contributed by atoms with Gasteiger partial charge in [-0.1, -0.05) is 13.8 Å². The van der Waals surface area contributed by atoms with Crippen LogP contribution in [0.3, 0.4) is 0 Å². The van der Waals surface area contributed by atoms with Gasteiger partial charge in [-0.15, -0.1) is 0 Å². The third kappa shape index (κ3) is 2.60. The van der Waals surface area contributed by atoms with Crippen molar-refractivity contribution in [1.29, 1.82) is 0 Å².